The lowest BCUT2D eigenvalue weighted by atomic mass is 10.3. The molecule has 0 atom stereocenters. The molecule has 3 rings (SSSR count). The highest BCUT2D eigenvalue weighted by Gasteiger charge is 2.13. The number of nitrogens with zero attached hydrogens (tertiary/aromatic N) is 3. The van der Waals surface area contributed by atoms with Crippen molar-refractivity contribution in [1.29, 1.82) is 0 Å². The first-order valence-corrected chi connectivity index (χ1v) is 8.28. The van der Waals surface area contributed by atoms with Gasteiger partial charge in [0.1, 0.15) is 4.88 Å². The first-order chi connectivity index (χ1) is 11.1. The molecule has 3 N–H and O–H groups in total. The van der Waals surface area contributed by atoms with Crippen LogP contribution in [0.1, 0.15) is 22.0 Å². The lowest BCUT2D eigenvalue weighted by Crippen LogP contribution is -2.12. The maximum absolute atomic E-state index is 11.9. The van der Waals surface area contributed by atoms with Gasteiger partial charge in [-0.25, -0.2) is 4.98 Å². The van der Waals surface area contributed by atoms with Gasteiger partial charge in [0.15, 0.2) is 5.13 Å². The van der Waals surface area contributed by atoms with Crippen molar-refractivity contribution < 1.29 is 14.0 Å². The van der Waals surface area contributed by atoms with Crippen LogP contribution in [-0.4, -0.2) is 27.0 Å². The van der Waals surface area contributed by atoms with Crippen LogP contribution in [0, 0.1) is 0 Å². The number of thiazole rings is 1. The molecule has 0 aromatic carbocycles. The van der Waals surface area contributed by atoms with Crippen molar-refractivity contribution in [3.63, 3.8) is 0 Å². The van der Waals surface area contributed by atoms with Crippen molar-refractivity contribution >= 4 is 39.6 Å². The Morgan fingerprint density at radius 1 is 1.35 bits per heavy atom. The highest BCUT2D eigenvalue weighted by molar-refractivity contribution is 7.17. The van der Waals surface area contributed by atoms with Crippen LogP contribution >= 0.6 is 22.7 Å². The molecule has 23 heavy (non-hydrogen) atoms. The zero-order chi connectivity index (χ0) is 16.2. The minimum absolute atomic E-state index is 0.163. The van der Waals surface area contributed by atoms with Gasteiger partial charge in [-0.3, -0.25) is 9.59 Å². The molecule has 8 nitrogen and oxygen atoms in total. The average Bonchev–Trinajstić information content (AvgIpc) is 3.25. The largest absolute Gasteiger partial charge is 0.421 e. The van der Waals surface area contributed by atoms with Crippen molar-refractivity contribution in [2.75, 3.05) is 5.32 Å². The second-order valence-corrected chi connectivity index (χ2v) is 6.27. The third kappa shape index (κ3) is 3.79. The van der Waals surface area contributed by atoms with Gasteiger partial charge in [0.05, 0.1) is 6.20 Å². The molecule has 0 aliphatic carbocycles. The predicted molar refractivity (Wildman–Crippen MR) is 85.2 cm³/mol. The van der Waals surface area contributed by atoms with Crippen molar-refractivity contribution in [2.24, 2.45) is 5.73 Å². The number of nitrogens with one attached hydrogen (secondary N) is 1. The fraction of sp³-hybridized carbons (Fsp3) is 0.154. The van der Waals surface area contributed by atoms with Gasteiger partial charge >= 0.3 is 0 Å². The second-order valence-electron chi connectivity index (χ2n) is 4.46. The summed E-state index contributed by atoms with van der Waals surface area (Å²) < 4.78 is 5.49. The molecular weight excluding hydrogens is 338 g/mol. The molecule has 0 bridgehead atoms. The Balaban J connectivity index is 1.53. The Labute approximate surface area is 138 Å². The molecule has 3 aromatic heterocycles. The third-order valence-corrected chi connectivity index (χ3v) is 4.41. The third-order valence-electron chi connectivity index (χ3n) is 2.80. The zero-order valence-corrected chi connectivity index (χ0v) is 13.3. The lowest BCUT2D eigenvalue weighted by Gasteiger charge is -1.98. The molecule has 0 saturated heterocycles. The molecule has 2 amide bonds. The quantitative estimate of drug-likeness (QED) is 0.700. The standard InChI is InChI=1S/C13H11N5O3S2/c14-11(20)8-5-15-13(23-8)16-9(19)1-2-10-17-18-12(21-10)7-3-4-22-6-7/h3-6H,1-2H2,(H2,14,20)(H,15,16,19). The van der Waals surface area contributed by atoms with Gasteiger partial charge in [0, 0.05) is 23.8 Å². The highest BCUT2D eigenvalue weighted by Crippen LogP contribution is 2.21. The van der Waals surface area contributed by atoms with Gasteiger partial charge in [0.25, 0.3) is 5.91 Å². The van der Waals surface area contributed by atoms with E-state index in [1.165, 1.54) is 17.5 Å². The molecule has 10 heteroatoms. The van der Waals surface area contributed by atoms with E-state index in [1.807, 2.05) is 16.8 Å². The number of carbonyl (C=O) groups excluding carboxylic acids is 2. The molecule has 0 aliphatic rings. The Bertz CT molecular complexity index is 824. The van der Waals surface area contributed by atoms with Crippen LogP contribution in [-0.2, 0) is 11.2 Å². The number of hydrogen-bond acceptors (Lipinski definition) is 8. The SMILES string of the molecule is NC(=O)c1cnc(NC(=O)CCc2nnc(-c3ccsc3)o2)s1. The van der Waals surface area contributed by atoms with Crippen molar-refractivity contribution in [2.45, 2.75) is 12.8 Å². The molecule has 0 aliphatic heterocycles. The number of thiophene rings is 1. The van der Waals surface area contributed by atoms with Crippen molar-refractivity contribution in [3.8, 4) is 11.5 Å². The molecule has 0 spiro atoms. The minimum atomic E-state index is -0.574. The summed E-state index contributed by atoms with van der Waals surface area (Å²) in [5.41, 5.74) is 5.99. The molecule has 0 fully saturated rings. The van der Waals surface area contributed by atoms with E-state index in [1.54, 1.807) is 0 Å². The van der Waals surface area contributed by atoms with Gasteiger partial charge in [-0.05, 0) is 11.4 Å². The Morgan fingerprint density at radius 3 is 2.91 bits per heavy atom. The maximum atomic E-state index is 11.9. The summed E-state index contributed by atoms with van der Waals surface area (Å²) in [7, 11) is 0. The van der Waals surface area contributed by atoms with E-state index in [9.17, 15) is 9.59 Å². The summed E-state index contributed by atoms with van der Waals surface area (Å²) in [6.45, 7) is 0. The Morgan fingerprint density at radius 2 is 2.22 bits per heavy atom. The molecular formula is C13H11N5O3S2. The molecule has 3 aromatic rings. The van der Waals surface area contributed by atoms with E-state index < -0.39 is 5.91 Å². The van der Waals surface area contributed by atoms with Crippen LogP contribution in [0.2, 0.25) is 0 Å². The summed E-state index contributed by atoms with van der Waals surface area (Å²) in [6, 6.07) is 1.88. The van der Waals surface area contributed by atoms with Crippen LogP contribution < -0.4 is 11.1 Å². The van der Waals surface area contributed by atoms with Crippen LogP contribution in [0.25, 0.3) is 11.5 Å². The number of aryl methyl sites for hydroxylation is 1. The van der Waals surface area contributed by atoms with E-state index in [0.717, 1.165) is 16.9 Å². The van der Waals surface area contributed by atoms with E-state index in [-0.39, 0.29) is 17.2 Å². The zero-order valence-electron chi connectivity index (χ0n) is 11.7. The number of hydrogen-bond donors (Lipinski definition) is 2. The summed E-state index contributed by atoms with van der Waals surface area (Å²) in [5, 5.41) is 14.6. The summed E-state index contributed by atoms with van der Waals surface area (Å²) in [6.07, 6.45) is 1.81. The van der Waals surface area contributed by atoms with Gasteiger partial charge < -0.3 is 15.5 Å². The van der Waals surface area contributed by atoms with Gasteiger partial charge in [-0.15, -0.1) is 10.2 Å². The first-order valence-electron chi connectivity index (χ1n) is 6.52. The molecule has 0 saturated carbocycles. The molecule has 0 unspecified atom stereocenters. The van der Waals surface area contributed by atoms with E-state index in [2.05, 4.69) is 20.5 Å². The monoisotopic (exact) mass is 349 g/mol. The fourth-order valence-corrected chi connectivity index (χ4v) is 3.02. The Kier molecular flexibility index (Phi) is 4.44. The van der Waals surface area contributed by atoms with Gasteiger partial charge in [-0.2, -0.15) is 11.3 Å². The maximum Gasteiger partial charge on any atom is 0.260 e. The molecule has 3 heterocycles. The normalized spacial score (nSPS) is 10.6. The lowest BCUT2D eigenvalue weighted by molar-refractivity contribution is -0.116. The number of amides is 2. The fourth-order valence-electron chi connectivity index (χ4n) is 1.71. The second kappa shape index (κ2) is 6.67. The summed E-state index contributed by atoms with van der Waals surface area (Å²) >= 11 is 2.56. The van der Waals surface area contributed by atoms with E-state index >= 15 is 0 Å². The van der Waals surface area contributed by atoms with Crippen molar-refractivity contribution in [1.82, 2.24) is 15.2 Å². The number of anilines is 1. The number of nitrogens with two attached hydrogens (primary N) is 1. The average molecular weight is 349 g/mol. The van der Waals surface area contributed by atoms with Crippen LogP contribution in [0.4, 0.5) is 5.13 Å². The van der Waals surface area contributed by atoms with E-state index in [4.69, 9.17) is 10.2 Å². The number of rotatable bonds is 6. The van der Waals surface area contributed by atoms with Crippen LogP contribution in [0.3, 0.4) is 0 Å². The number of carbonyl (C=O) groups is 2. The number of aromatic nitrogens is 3. The minimum Gasteiger partial charge on any atom is -0.421 e. The first kappa shape index (κ1) is 15.3. The summed E-state index contributed by atoms with van der Waals surface area (Å²) in [4.78, 5) is 27.0. The number of primary amides is 1. The predicted octanol–water partition coefficient (Wildman–Crippen LogP) is 1.92. The van der Waals surface area contributed by atoms with Gasteiger partial charge in [0.2, 0.25) is 17.7 Å². The van der Waals surface area contributed by atoms with Crippen LogP contribution in [0.15, 0.2) is 27.4 Å². The smallest absolute Gasteiger partial charge is 0.260 e. The van der Waals surface area contributed by atoms with Crippen molar-refractivity contribution in [3.05, 3.63) is 33.8 Å². The topological polar surface area (TPSA) is 124 Å². The van der Waals surface area contributed by atoms with E-state index in [0.29, 0.717) is 23.3 Å². The molecule has 118 valence electrons. The Hall–Kier alpha value is -2.59. The molecule has 0 radical (unpaired) electrons. The van der Waals surface area contributed by atoms with Gasteiger partial charge in [-0.1, -0.05) is 11.3 Å². The highest BCUT2D eigenvalue weighted by atomic mass is 32.1. The van der Waals surface area contributed by atoms with Crippen LogP contribution in [0.5, 0.6) is 0 Å². The summed E-state index contributed by atoms with van der Waals surface area (Å²) in [5.74, 6) is -0.00790.